The van der Waals surface area contributed by atoms with Crippen LogP contribution < -0.4 is 14.9 Å². The second kappa shape index (κ2) is 6.86. The first-order valence-electron chi connectivity index (χ1n) is 7.61. The van der Waals surface area contributed by atoms with E-state index in [1.807, 2.05) is 6.08 Å². The van der Waals surface area contributed by atoms with Gasteiger partial charge in [0.1, 0.15) is 0 Å². The summed E-state index contributed by atoms with van der Waals surface area (Å²) in [6, 6.07) is 5.03. The van der Waals surface area contributed by atoms with Gasteiger partial charge in [-0.2, -0.15) is 5.10 Å². The van der Waals surface area contributed by atoms with Crippen LogP contribution in [0.4, 0.5) is 0 Å². The molecule has 0 spiro atoms. The fourth-order valence-electron chi connectivity index (χ4n) is 2.93. The number of rotatable bonds is 4. The van der Waals surface area contributed by atoms with Crippen LogP contribution in [0, 0.1) is 5.41 Å². The number of hydrogen-bond acceptors (Lipinski definition) is 4. The third-order valence-electron chi connectivity index (χ3n) is 3.78. The van der Waals surface area contributed by atoms with Crippen molar-refractivity contribution < 1.29 is 14.3 Å². The quantitative estimate of drug-likeness (QED) is 0.864. The molecule has 0 unspecified atom stereocenters. The molecule has 0 aliphatic heterocycles. The Morgan fingerprint density at radius 1 is 1.17 bits per heavy atom. The molecule has 0 aromatic heterocycles. The van der Waals surface area contributed by atoms with Crippen molar-refractivity contribution in [3.63, 3.8) is 0 Å². The molecule has 0 saturated carbocycles. The molecule has 124 valence electrons. The Balaban J connectivity index is 2.13. The van der Waals surface area contributed by atoms with Gasteiger partial charge >= 0.3 is 0 Å². The third kappa shape index (κ3) is 4.34. The van der Waals surface area contributed by atoms with Crippen LogP contribution in [-0.4, -0.2) is 25.8 Å². The Hall–Kier alpha value is -2.30. The van der Waals surface area contributed by atoms with Gasteiger partial charge in [0.25, 0.3) is 5.91 Å². The average molecular weight is 316 g/mol. The molecule has 0 heterocycles. The summed E-state index contributed by atoms with van der Waals surface area (Å²) in [5.41, 5.74) is 5.45. The monoisotopic (exact) mass is 316 g/mol. The average Bonchev–Trinajstić information content (AvgIpc) is 2.50. The number of carbonyl (C=O) groups excluding carboxylic acids is 1. The van der Waals surface area contributed by atoms with Crippen LogP contribution in [0.25, 0.3) is 0 Å². The van der Waals surface area contributed by atoms with Gasteiger partial charge in [0.05, 0.1) is 19.9 Å². The number of hydrogen-bond donors (Lipinski definition) is 1. The van der Waals surface area contributed by atoms with Gasteiger partial charge in [-0.1, -0.05) is 19.4 Å². The van der Waals surface area contributed by atoms with Gasteiger partial charge < -0.3 is 9.47 Å². The van der Waals surface area contributed by atoms with Crippen LogP contribution in [0.5, 0.6) is 11.5 Å². The number of nitrogens with one attached hydrogen (secondary N) is 1. The van der Waals surface area contributed by atoms with E-state index in [9.17, 15) is 4.79 Å². The summed E-state index contributed by atoms with van der Waals surface area (Å²) in [6.45, 7) is 6.50. The van der Waals surface area contributed by atoms with Crippen molar-refractivity contribution in [2.24, 2.45) is 10.5 Å². The fraction of sp³-hybridized carbons (Fsp3) is 0.444. The maximum Gasteiger partial charge on any atom is 0.271 e. The number of nitrogens with zero attached hydrogens (tertiary/aromatic N) is 1. The Labute approximate surface area is 137 Å². The summed E-state index contributed by atoms with van der Waals surface area (Å²) in [5.74, 6) is 0.832. The van der Waals surface area contributed by atoms with Crippen LogP contribution in [0.3, 0.4) is 0 Å². The number of hydrazone groups is 1. The van der Waals surface area contributed by atoms with Gasteiger partial charge in [-0.25, -0.2) is 5.43 Å². The smallest absolute Gasteiger partial charge is 0.271 e. The molecule has 23 heavy (non-hydrogen) atoms. The lowest BCUT2D eigenvalue weighted by Crippen LogP contribution is -2.25. The maximum atomic E-state index is 12.3. The standard InChI is InChI=1S/C18H24N2O3/c1-12-8-14(11-18(2,3)10-12)19-20-17(21)13-6-7-15(22-4)16(9-13)23-5/h6-9H,10-11H2,1-5H3,(H,20,21)/b19-14+. The number of amides is 1. The Bertz CT molecular complexity index is 660. The fourth-order valence-corrected chi connectivity index (χ4v) is 2.93. The Kier molecular flexibility index (Phi) is 5.08. The topological polar surface area (TPSA) is 59.9 Å². The molecule has 0 bridgehead atoms. The largest absolute Gasteiger partial charge is 0.493 e. The van der Waals surface area contributed by atoms with Crippen LogP contribution in [0.15, 0.2) is 34.9 Å². The summed E-state index contributed by atoms with van der Waals surface area (Å²) in [4.78, 5) is 12.3. The molecule has 1 aromatic carbocycles. The minimum atomic E-state index is -0.270. The van der Waals surface area contributed by atoms with E-state index in [0.29, 0.717) is 17.1 Å². The number of ether oxygens (including phenoxy) is 2. The third-order valence-corrected chi connectivity index (χ3v) is 3.78. The van der Waals surface area contributed by atoms with Crippen molar-refractivity contribution in [1.82, 2.24) is 5.43 Å². The molecule has 1 aromatic rings. The van der Waals surface area contributed by atoms with E-state index in [1.54, 1.807) is 25.3 Å². The number of carbonyl (C=O) groups is 1. The zero-order chi connectivity index (χ0) is 17.0. The molecule has 0 atom stereocenters. The van der Waals surface area contributed by atoms with E-state index in [4.69, 9.17) is 9.47 Å². The van der Waals surface area contributed by atoms with E-state index < -0.39 is 0 Å². The Morgan fingerprint density at radius 2 is 1.87 bits per heavy atom. The predicted molar refractivity (Wildman–Crippen MR) is 91.2 cm³/mol. The number of benzene rings is 1. The van der Waals surface area contributed by atoms with Crippen molar-refractivity contribution in [3.05, 3.63) is 35.4 Å². The highest BCUT2D eigenvalue weighted by Gasteiger charge is 2.24. The molecule has 1 aliphatic carbocycles. The highest BCUT2D eigenvalue weighted by atomic mass is 16.5. The van der Waals surface area contributed by atoms with Crippen molar-refractivity contribution in [3.8, 4) is 11.5 Å². The summed E-state index contributed by atoms with van der Waals surface area (Å²) < 4.78 is 10.4. The number of allylic oxidation sites excluding steroid dienone is 2. The number of methoxy groups -OCH3 is 2. The lowest BCUT2D eigenvalue weighted by Gasteiger charge is -2.29. The molecule has 0 radical (unpaired) electrons. The lowest BCUT2D eigenvalue weighted by molar-refractivity contribution is 0.0954. The molecular weight excluding hydrogens is 292 g/mol. The predicted octanol–water partition coefficient (Wildman–Crippen LogP) is 3.56. The van der Waals surface area contributed by atoms with Gasteiger partial charge in [-0.05, 0) is 49.5 Å². The van der Waals surface area contributed by atoms with Crippen LogP contribution >= 0.6 is 0 Å². The zero-order valence-corrected chi connectivity index (χ0v) is 14.4. The van der Waals surface area contributed by atoms with Crippen LogP contribution in [-0.2, 0) is 0 Å². The SMILES string of the molecule is COc1ccc(C(=O)N/N=C2\C=C(C)CC(C)(C)C2)cc1OC. The summed E-state index contributed by atoms with van der Waals surface area (Å²) >= 11 is 0. The Morgan fingerprint density at radius 3 is 2.48 bits per heavy atom. The van der Waals surface area contributed by atoms with Gasteiger partial charge in [-0.3, -0.25) is 4.79 Å². The second-order valence-electron chi connectivity index (χ2n) is 6.62. The summed E-state index contributed by atoms with van der Waals surface area (Å²) in [7, 11) is 3.10. The first kappa shape index (κ1) is 17.1. The molecule has 1 N–H and O–H groups in total. The first-order chi connectivity index (χ1) is 10.8. The van der Waals surface area contributed by atoms with Crippen LogP contribution in [0.1, 0.15) is 44.0 Å². The zero-order valence-electron chi connectivity index (χ0n) is 14.4. The van der Waals surface area contributed by atoms with Gasteiger partial charge in [-0.15, -0.1) is 0 Å². The first-order valence-corrected chi connectivity index (χ1v) is 7.61. The van der Waals surface area contributed by atoms with E-state index in [2.05, 4.69) is 31.3 Å². The molecule has 5 nitrogen and oxygen atoms in total. The van der Waals surface area contributed by atoms with E-state index in [-0.39, 0.29) is 11.3 Å². The molecule has 1 aliphatic rings. The maximum absolute atomic E-state index is 12.3. The molecule has 0 saturated heterocycles. The van der Waals surface area contributed by atoms with Gasteiger partial charge in [0.2, 0.25) is 0 Å². The molecule has 1 amide bonds. The lowest BCUT2D eigenvalue weighted by atomic mass is 9.77. The van der Waals surface area contributed by atoms with Gasteiger partial charge in [0, 0.05) is 5.56 Å². The van der Waals surface area contributed by atoms with E-state index in [0.717, 1.165) is 18.6 Å². The summed E-state index contributed by atoms with van der Waals surface area (Å²) in [5, 5.41) is 4.27. The normalized spacial score (nSPS) is 18.3. The van der Waals surface area contributed by atoms with Crippen molar-refractivity contribution >= 4 is 11.6 Å². The highest BCUT2D eigenvalue weighted by molar-refractivity contribution is 5.99. The van der Waals surface area contributed by atoms with E-state index >= 15 is 0 Å². The molecular formula is C18H24N2O3. The van der Waals surface area contributed by atoms with Crippen molar-refractivity contribution in [1.29, 1.82) is 0 Å². The van der Waals surface area contributed by atoms with Crippen molar-refractivity contribution in [2.45, 2.75) is 33.6 Å². The second-order valence-corrected chi connectivity index (χ2v) is 6.62. The molecule has 5 heteroatoms. The minimum Gasteiger partial charge on any atom is -0.493 e. The van der Waals surface area contributed by atoms with Gasteiger partial charge in [0.15, 0.2) is 11.5 Å². The molecule has 0 fully saturated rings. The molecule has 2 rings (SSSR count). The van der Waals surface area contributed by atoms with Crippen LogP contribution in [0.2, 0.25) is 0 Å². The van der Waals surface area contributed by atoms with Crippen molar-refractivity contribution in [2.75, 3.05) is 14.2 Å². The minimum absolute atomic E-state index is 0.172. The highest BCUT2D eigenvalue weighted by Crippen LogP contribution is 2.33. The van der Waals surface area contributed by atoms with E-state index in [1.165, 1.54) is 12.7 Å². The summed E-state index contributed by atoms with van der Waals surface area (Å²) in [6.07, 6.45) is 3.94.